The average Bonchev–Trinajstić information content (AvgIpc) is 2.27. The van der Waals surface area contributed by atoms with Crippen molar-refractivity contribution in [2.24, 2.45) is 0 Å². The molecule has 0 fully saturated rings. The second-order valence-corrected chi connectivity index (χ2v) is 3.64. The van der Waals surface area contributed by atoms with Gasteiger partial charge in [0.05, 0.1) is 5.69 Å². The quantitative estimate of drug-likeness (QED) is 0.674. The first-order valence-corrected chi connectivity index (χ1v) is 4.98. The van der Waals surface area contributed by atoms with E-state index in [1.54, 1.807) is 0 Å². The number of anilines is 1. The van der Waals surface area contributed by atoms with Gasteiger partial charge in [-0.25, -0.2) is 4.42 Å². The summed E-state index contributed by atoms with van der Waals surface area (Å²) >= 11 is 5.90. The first kappa shape index (κ1) is 9.99. The Morgan fingerprint density at radius 2 is 1.80 bits per heavy atom. The molecule has 0 spiro atoms. The number of carbonyl (C=O) groups is 1. The normalized spacial score (nSPS) is 10.3. The minimum atomic E-state index is -0.187. The van der Waals surface area contributed by atoms with Crippen LogP contribution in [0.2, 0.25) is 0 Å². The summed E-state index contributed by atoms with van der Waals surface area (Å²) in [5, 5.41) is 2.05. The summed E-state index contributed by atoms with van der Waals surface area (Å²) in [7, 11) is 0. The van der Waals surface area contributed by atoms with Crippen LogP contribution in [-0.4, -0.2) is 5.91 Å². The van der Waals surface area contributed by atoms with Crippen LogP contribution < -0.4 is 4.42 Å². The van der Waals surface area contributed by atoms with E-state index in [9.17, 15) is 4.79 Å². The van der Waals surface area contributed by atoms with E-state index < -0.39 is 0 Å². The Bertz CT molecular complexity index is 504. The number of carbonyl (C=O) groups excluding carboxylic acids is 1. The highest BCUT2D eigenvalue weighted by atomic mass is 35.5. The zero-order valence-electron chi connectivity index (χ0n) is 8.27. The van der Waals surface area contributed by atoms with Crippen LogP contribution in [0.3, 0.4) is 0 Å². The lowest BCUT2D eigenvalue weighted by molar-refractivity contribution is -0.115. The molecule has 0 aliphatic heterocycles. The van der Waals surface area contributed by atoms with Crippen molar-refractivity contribution in [1.29, 1.82) is 0 Å². The van der Waals surface area contributed by atoms with Crippen LogP contribution in [-0.2, 0) is 4.79 Å². The van der Waals surface area contributed by atoms with Crippen LogP contribution >= 0.6 is 11.8 Å². The maximum absolute atomic E-state index is 11.2. The van der Waals surface area contributed by atoms with Crippen molar-refractivity contribution in [3.8, 4) is 0 Å². The van der Waals surface area contributed by atoms with E-state index in [-0.39, 0.29) is 5.91 Å². The van der Waals surface area contributed by atoms with Gasteiger partial charge in [-0.2, -0.15) is 0 Å². The predicted molar refractivity (Wildman–Crippen MR) is 63.0 cm³/mol. The Morgan fingerprint density at radius 3 is 2.53 bits per heavy atom. The van der Waals surface area contributed by atoms with E-state index in [2.05, 4.69) is 0 Å². The fourth-order valence-electron chi connectivity index (χ4n) is 1.55. The molecule has 0 aromatic heterocycles. The third kappa shape index (κ3) is 1.81. The van der Waals surface area contributed by atoms with Gasteiger partial charge < -0.3 is 0 Å². The van der Waals surface area contributed by atoms with Gasteiger partial charge >= 0.3 is 0 Å². The zero-order chi connectivity index (χ0) is 10.8. The number of rotatable bonds is 1. The molecule has 0 saturated heterocycles. The van der Waals surface area contributed by atoms with Gasteiger partial charge in [-0.05, 0) is 11.5 Å². The molecule has 0 unspecified atom stereocenters. The van der Waals surface area contributed by atoms with Gasteiger partial charge in [-0.3, -0.25) is 4.79 Å². The molecule has 0 atom stereocenters. The molecule has 2 aromatic rings. The van der Waals surface area contributed by atoms with Crippen molar-refractivity contribution in [2.45, 2.75) is 6.92 Å². The molecule has 0 radical (unpaired) electrons. The topological polar surface area (TPSA) is 20.3 Å². The second-order valence-electron chi connectivity index (χ2n) is 3.30. The molecule has 2 rings (SSSR count). The standard InChI is InChI=1S/C12H10ClNO/c1-9(15)14(13)12-8-4-6-10-5-2-3-7-11(10)12/h2-8H,1H3. The number of nitrogens with zero attached hydrogens (tertiary/aromatic N) is 1. The molecule has 3 heteroatoms. The minimum absolute atomic E-state index is 0.187. The number of benzene rings is 2. The van der Waals surface area contributed by atoms with E-state index >= 15 is 0 Å². The highest BCUT2D eigenvalue weighted by Crippen LogP contribution is 2.27. The van der Waals surface area contributed by atoms with Gasteiger partial charge in [0.1, 0.15) is 0 Å². The second kappa shape index (κ2) is 3.91. The van der Waals surface area contributed by atoms with Crippen LogP contribution in [0, 0.1) is 0 Å². The van der Waals surface area contributed by atoms with E-state index in [1.165, 1.54) is 6.92 Å². The van der Waals surface area contributed by atoms with Gasteiger partial charge in [0.2, 0.25) is 5.91 Å². The summed E-state index contributed by atoms with van der Waals surface area (Å²) in [6.45, 7) is 1.44. The Kier molecular flexibility index (Phi) is 2.60. The van der Waals surface area contributed by atoms with Crippen LogP contribution in [0.25, 0.3) is 10.8 Å². The highest BCUT2D eigenvalue weighted by Gasteiger charge is 2.10. The third-order valence-corrected chi connectivity index (χ3v) is 2.67. The van der Waals surface area contributed by atoms with Crippen molar-refractivity contribution >= 4 is 34.1 Å². The highest BCUT2D eigenvalue weighted by molar-refractivity contribution is 6.37. The maximum atomic E-state index is 11.2. The minimum Gasteiger partial charge on any atom is -0.274 e. The molecule has 0 N–H and O–H groups in total. The van der Waals surface area contributed by atoms with Gasteiger partial charge in [-0.1, -0.05) is 36.4 Å². The summed E-state index contributed by atoms with van der Waals surface area (Å²) in [5.74, 6) is -0.187. The lowest BCUT2D eigenvalue weighted by Crippen LogP contribution is -2.16. The summed E-state index contributed by atoms with van der Waals surface area (Å²) in [5.41, 5.74) is 0.724. The average molecular weight is 220 g/mol. The van der Waals surface area contributed by atoms with Gasteiger partial charge in [-0.15, -0.1) is 0 Å². The first-order chi connectivity index (χ1) is 7.20. The molecule has 2 nitrogen and oxygen atoms in total. The molecule has 76 valence electrons. The molecule has 0 aliphatic rings. The Morgan fingerprint density at radius 1 is 1.13 bits per heavy atom. The van der Waals surface area contributed by atoms with Crippen LogP contribution in [0.1, 0.15) is 6.92 Å². The van der Waals surface area contributed by atoms with Crippen molar-refractivity contribution in [3.63, 3.8) is 0 Å². The monoisotopic (exact) mass is 219 g/mol. The molecular weight excluding hydrogens is 210 g/mol. The number of amides is 1. The van der Waals surface area contributed by atoms with Crippen molar-refractivity contribution in [2.75, 3.05) is 4.42 Å². The Labute approximate surface area is 93.2 Å². The lowest BCUT2D eigenvalue weighted by Gasteiger charge is -2.13. The summed E-state index contributed by atoms with van der Waals surface area (Å²) in [6.07, 6.45) is 0. The fourth-order valence-corrected chi connectivity index (χ4v) is 1.70. The predicted octanol–water partition coefficient (Wildman–Crippen LogP) is 3.35. The van der Waals surface area contributed by atoms with Crippen LogP contribution in [0.5, 0.6) is 0 Å². The van der Waals surface area contributed by atoms with E-state index in [0.717, 1.165) is 20.9 Å². The van der Waals surface area contributed by atoms with Crippen molar-refractivity contribution in [1.82, 2.24) is 0 Å². The molecule has 0 saturated carbocycles. The molecule has 0 heterocycles. The third-order valence-electron chi connectivity index (χ3n) is 2.25. The fraction of sp³-hybridized carbons (Fsp3) is 0.0833. The Hall–Kier alpha value is -1.54. The van der Waals surface area contributed by atoms with Crippen molar-refractivity contribution in [3.05, 3.63) is 42.5 Å². The number of halogens is 1. The molecule has 2 aromatic carbocycles. The maximum Gasteiger partial charge on any atom is 0.238 e. The van der Waals surface area contributed by atoms with Crippen molar-refractivity contribution < 1.29 is 4.79 Å². The Balaban J connectivity index is 2.65. The van der Waals surface area contributed by atoms with Crippen LogP contribution in [0.15, 0.2) is 42.5 Å². The van der Waals surface area contributed by atoms with E-state index in [4.69, 9.17) is 11.8 Å². The van der Waals surface area contributed by atoms with Gasteiger partial charge in [0.25, 0.3) is 0 Å². The zero-order valence-corrected chi connectivity index (χ0v) is 9.03. The summed E-state index contributed by atoms with van der Waals surface area (Å²) in [4.78, 5) is 11.2. The number of hydrogen-bond acceptors (Lipinski definition) is 1. The lowest BCUT2D eigenvalue weighted by atomic mass is 10.1. The van der Waals surface area contributed by atoms with Gasteiger partial charge in [0, 0.05) is 24.1 Å². The summed E-state index contributed by atoms with van der Waals surface area (Å²) in [6, 6.07) is 13.5. The SMILES string of the molecule is CC(=O)N(Cl)c1cccc2ccccc12. The van der Waals surface area contributed by atoms with Crippen LogP contribution in [0.4, 0.5) is 5.69 Å². The summed E-state index contributed by atoms with van der Waals surface area (Å²) < 4.78 is 1.14. The smallest absolute Gasteiger partial charge is 0.238 e. The molecule has 15 heavy (non-hydrogen) atoms. The number of hydrogen-bond donors (Lipinski definition) is 0. The molecule has 0 bridgehead atoms. The largest absolute Gasteiger partial charge is 0.274 e. The number of fused-ring (bicyclic) bond motifs is 1. The van der Waals surface area contributed by atoms with E-state index in [1.807, 2.05) is 42.5 Å². The van der Waals surface area contributed by atoms with Gasteiger partial charge in [0.15, 0.2) is 0 Å². The molecule has 1 amide bonds. The molecule has 0 aliphatic carbocycles. The van der Waals surface area contributed by atoms with E-state index in [0.29, 0.717) is 0 Å². The first-order valence-electron chi connectivity index (χ1n) is 4.64. The molecular formula is C12H10ClNO.